The molecule has 2 saturated heterocycles. The molecular formula is C22H28N3O5+. The number of imide groups is 1. The lowest BCUT2D eigenvalue weighted by molar-refractivity contribution is -0.917. The molecule has 1 N–H and O–H groups in total. The fraction of sp³-hybridized carbons (Fsp3) is 0.591. The third-order valence-electron chi connectivity index (χ3n) is 6.94. The van der Waals surface area contributed by atoms with Crippen molar-refractivity contribution in [2.45, 2.75) is 32.2 Å². The number of hydrogen-bond acceptors (Lipinski definition) is 5. The van der Waals surface area contributed by atoms with Gasteiger partial charge in [-0.1, -0.05) is 12.8 Å². The normalized spacial score (nSPS) is 26.3. The van der Waals surface area contributed by atoms with Crippen LogP contribution in [0.2, 0.25) is 0 Å². The van der Waals surface area contributed by atoms with Crippen molar-refractivity contribution < 1.29 is 28.8 Å². The number of carbonyl (C=O) groups is 3. The summed E-state index contributed by atoms with van der Waals surface area (Å²) in [5.74, 6) is 0.813. The number of fused-ring (bicyclic) bond motifs is 2. The molecule has 0 bridgehead atoms. The van der Waals surface area contributed by atoms with Gasteiger partial charge in [0.2, 0.25) is 24.5 Å². The molecule has 160 valence electrons. The summed E-state index contributed by atoms with van der Waals surface area (Å²) >= 11 is 0. The van der Waals surface area contributed by atoms with E-state index in [4.69, 9.17) is 9.47 Å². The molecule has 0 aromatic heterocycles. The molecule has 3 heterocycles. The number of rotatable bonds is 4. The van der Waals surface area contributed by atoms with E-state index >= 15 is 0 Å². The van der Waals surface area contributed by atoms with Gasteiger partial charge in [-0.05, 0) is 31.0 Å². The molecule has 4 aliphatic rings. The Labute approximate surface area is 175 Å². The highest BCUT2D eigenvalue weighted by Gasteiger charge is 2.48. The number of carbonyl (C=O) groups excluding carboxylic acids is 3. The summed E-state index contributed by atoms with van der Waals surface area (Å²) in [6.45, 7) is 4.01. The van der Waals surface area contributed by atoms with Gasteiger partial charge in [0.1, 0.15) is 13.1 Å². The first kappa shape index (κ1) is 19.4. The van der Waals surface area contributed by atoms with Crippen molar-refractivity contribution in [2.24, 2.45) is 11.8 Å². The third-order valence-corrected chi connectivity index (χ3v) is 6.94. The number of likely N-dealkylation sites (tertiary alicyclic amines) is 1. The zero-order valence-corrected chi connectivity index (χ0v) is 17.1. The maximum absolute atomic E-state index is 12.8. The molecule has 5 rings (SSSR count). The second-order valence-electron chi connectivity index (χ2n) is 8.76. The summed E-state index contributed by atoms with van der Waals surface area (Å²) in [6, 6.07) is 6.03. The molecule has 2 atom stereocenters. The summed E-state index contributed by atoms with van der Waals surface area (Å²) in [7, 11) is 0. The number of benzene rings is 1. The van der Waals surface area contributed by atoms with Crippen LogP contribution in [0, 0.1) is 11.8 Å². The van der Waals surface area contributed by atoms with E-state index in [1.54, 1.807) is 4.90 Å². The molecule has 8 heteroatoms. The van der Waals surface area contributed by atoms with Gasteiger partial charge in [0, 0.05) is 5.56 Å². The minimum absolute atomic E-state index is 0.0951. The van der Waals surface area contributed by atoms with Gasteiger partial charge in [-0.25, -0.2) is 0 Å². The smallest absolute Gasteiger partial charge is 0.243 e. The zero-order valence-electron chi connectivity index (χ0n) is 17.1. The van der Waals surface area contributed by atoms with Gasteiger partial charge in [-0.15, -0.1) is 0 Å². The molecule has 1 aliphatic carbocycles. The monoisotopic (exact) mass is 414 g/mol. The largest absolute Gasteiger partial charge is 0.454 e. The number of ether oxygens (including phenoxy) is 2. The van der Waals surface area contributed by atoms with E-state index in [2.05, 4.69) is 6.07 Å². The van der Waals surface area contributed by atoms with E-state index in [-0.39, 0.29) is 42.9 Å². The Morgan fingerprint density at radius 1 is 1.00 bits per heavy atom. The van der Waals surface area contributed by atoms with Crippen LogP contribution in [0.25, 0.3) is 0 Å². The maximum atomic E-state index is 12.8. The SMILES string of the molecule is O=C(CN1C(=O)C2CCCCC2C1=O)N1CC[NH+](Cc2ccc3c(c2)OCO3)CC1. The van der Waals surface area contributed by atoms with Gasteiger partial charge in [0.15, 0.2) is 11.5 Å². The van der Waals surface area contributed by atoms with Crippen molar-refractivity contribution in [1.82, 2.24) is 9.80 Å². The lowest BCUT2D eigenvalue weighted by Gasteiger charge is -2.33. The fourth-order valence-corrected chi connectivity index (χ4v) is 5.21. The van der Waals surface area contributed by atoms with E-state index in [9.17, 15) is 14.4 Å². The number of piperazine rings is 1. The maximum Gasteiger partial charge on any atom is 0.243 e. The molecule has 30 heavy (non-hydrogen) atoms. The molecule has 0 radical (unpaired) electrons. The minimum Gasteiger partial charge on any atom is -0.454 e. The van der Waals surface area contributed by atoms with Crippen LogP contribution in [0.1, 0.15) is 31.2 Å². The highest BCUT2D eigenvalue weighted by atomic mass is 16.7. The number of nitrogens with one attached hydrogen (secondary N) is 1. The van der Waals surface area contributed by atoms with E-state index in [1.165, 1.54) is 15.4 Å². The Balaban J connectivity index is 1.13. The summed E-state index contributed by atoms with van der Waals surface area (Å²) in [5.41, 5.74) is 1.19. The van der Waals surface area contributed by atoms with Crippen molar-refractivity contribution in [3.8, 4) is 11.5 Å². The van der Waals surface area contributed by atoms with Crippen LogP contribution in [0.15, 0.2) is 18.2 Å². The van der Waals surface area contributed by atoms with Gasteiger partial charge in [-0.3, -0.25) is 19.3 Å². The molecule has 3 fully saturated rings. The molecule has 3 aliphatic heterocycles. The molecule has 3 amide bonds. The van der Waals surface area contributed by atoms with Gasteiger partial charge in [0.05, 0.1) is 38.0 Å². The topological polar surface area (TPSA) is 80.6 Å². The Hall–Kier alpha value is -2.61. The number of hydrogen-bond donors (Lipinski definition) is 1. The average molecular weight is 414 g/mol. The van der Waals surface area contributed by atoms with Crippen LogP contribution < -0.4 is 14.4 Å². The summed E-state index contributed by atoms with van der Waals surface area (Å²) in [5, 5.41) is 0. The highest BCUT2D eigenvalue weighted by molar-refractivity contribution is 6.07. The van der Waals surface area contributed by atoms with Crippen molar-refractivity contribution in [3.63, 3.8) is 0 Å². The Bertz CT molecular complexity index is 840. The van der Waals surface area contributed by atoms with Gasteiger partial charge >= 0.3 is 0 Å². The van der Waals surface area contributed by atoms with Crippen molar-refractivity contribution in [1.29, 1.82) is 0 Å². The van der Waals surface area contributed by atoms with Crippen LogP contribution in [-0.4, -0.2) is 67.0 Å². The van der Waals surface area contributed by atoms with Crippen LogP contribution in [-0.2, 0) is 20.9 Å². The summed E-state index contributed by atoms with van der Waals surface area (Å²) in [6.07, 6.45) is 3.55. The Morgan fingerprint density at radius 2 is 1.67 bits per heavy atom. The first-order valence-electron chi connectivity index (χ1n) is 11.0. The molecule has 1 aromatic rings. The lowest BCUT2D eigenvalue weighted by Crippen LogP contribution is -3.13. The fourth-order valence-electron chi connectivity index (χ4n) is 5.21. The number of nitrogens with zero attached hydrogens (tertiary/aromatic N) is 2. The van der Waals surface area contributed by atoms with Gasteiger partial charge < -0.3 is 19.3 Å². The Kier molecular flexibility index (Phi) is 5.10. The summed E-state index contributed by atoms with van der Waals surface area (Å²) < 4.78 is 10.8. The first-order chi connectivity index (χ1) is 14.6. The van der Waals surface area contributed by atoms with E-state index in [1.807, 2.05) is 12.1 Å². The average Bonchev–Trinajstić information content (AvgIpc) is 3.33. The lowest BCUT2D eigenvalue weighted by atomic mass is 9.81. The van der Waals surface area contributed by atoms with Crippen LogP contribution in [0.4, 0.5) is 0 Å². The first-order valence-corrected chi connectivity index (χ1v) is 11.0. The van der Waals surface area contributed by atoms with Gasteiger partial charge in [0.25, 0.3) is 0 Å². The third kappa shape index (κ3) is 3.53. The predicted molar refractivity (Wildman–Crippen MR) is 106 cm³/mol. The molecule has 8 nitrogen and oxygen atoms in total. The molecule has 1 aromatic carbocycles. The molecular weight excluding hydrogens is 386 g/mol. The zero-order chi connectivity index (χ0) is 20.7. The number of quaternary nitrogens is 1. The highest BCUT2D eigenvalue weighted by Crippen LogP contribution is 2.38. The standard InChI is InChI=1S/C22H27N3O5/c26-20(13-25-21(27)16-3-1-2-4-17(16)22(25)28)24-9-7-23(8-10-24)12-15-5-6-18-19(11-15)30-14-29-18/h5-6,11,16-17H,1-4,7-10,12-14H2/p+1. The second kappa shape index (κ2) is 7.91. The van der Waals surface area contributed by atoms with Crippen LogP contribution in [0.3, 0.4) is 0 Å². The molecule has 0 spiro atoms. The van der Waals surface area contributed by atoms with Crippen molar-refractivity contribution >= 4 is 17.7 Å². The van der Waals surface area contributed by atoms with E-state index < -0.39 is 0 Å². The predicted octanol–water partition coefficient (Wildman–Crippen LogP) is -0.182. The van der Waals surface area contributed by atoms with Gasteiger partial charge in [-0.2, -0.15) is 0 Å². The van der Waals surface area contributed by atoms with Crippen molar-refractivity contribution in [3.05, 3.63) is 23.8 Å². The van der Waals surface area contributed by atoms with E-state index in [0.717, 1.165) is 56.8 Å². The van der Waals surface area contributed by atoms with Crippen molar-refractivity contribution in [2.75, 3.05) is 39.5 Å². The molecule has 2 unspecified atom stereocenters. The minimum atomic E-state index is -0.193. The quantitative estimate of drug-likeness (QED) is 0.692. The molecule has 1 saturated carbocycles. The number of amides is 3. The van der Waals surface area contributed by atoms with Crippen LogP contribution in [0.5, 0.6) is 11.5 Å². The second-order valence-corrected chi connectivity index (χ2v) is 8.76. The van der Waals surface area contributed by atoms with Crippen LogP contribution >= 0.6 is 0 Å². The Morgan fingerprint density at radius 3 is 2.37 bits per heavy atom. The van der Waals surface area contributed by atoms with E-state index in [0.29, 0.717) is 13.1 Å². The summed E-state index contributed by atoms with van der Waals surface area (Å²) in [4.78, 5) is 42.4.